The number of quaternary nitrogens is 1. The molecule has 0 N–H and O–H groups in total. The van der Waals surface area contributed by atoms with Gasteiger partial charge in [-0.2, -0.15) is 0 Å². The van der Waals surface area contributed by atoms with Gasteiger partial charge in [-0.3, -0.25) is 4.48 Å². The second-order valence-electron chi connectivity index (χ2n) is 10.7. The molecule has 0 aliphatic carbocycles. The number of unbranched alkanes of at least 4 members (excludes halogenated alkanes) is 16. The second-order valence-corrected chi connectivity index (χ2v) is 12.1. The molecule has 0 aliphatic rings. The molecular formula is C28H57NO2P+. The summed E-state index contributed by atoms with van der Waals surface area (Å²) in [7, 11) is 3.64. The first-order chi connectivity index (χ1) is 15.3. The third-order valence-corrected chi connectivity index (χ3v) is 9.06. The Morgan fingerprint density at radius 3 is 1.38 bits per heavy atom. The van der Waals surface area contributed by atoms with E-state index in [0.29, 0.717) is 10.9 Å². The molecule has 4 heteroatoms. The number of nitrogens with zero attached hydrogens (tertiary/aromatic N) is 1. The van der Waals surface area contributed by atoms with Crippen LogP contribution in [0.3, 0.4) is 0 Å². The van der Waals surface area contributed by atoms with Crippen molar-refractivity contribution < 1.29 is 13.9 Å². The fourth-order valence-electron chi connectivity index (χ4n) is 4.81. The molecule has 0 aromatic carbocycles. The van der Waals surface area contributed by atoms with Crippen LogP contribution in [-0.2, 0) is 4.57 Å². The van der Waals surface area contributed by atoms with E-state index in [1.54, 1.807) is 0 Å². The monoisotopic (exact) mass is 470 g/mol. The van der Waals surface area contributed by atoms with Gasteiger partial charge < -0.3 is 4.89 Å². The molecule has 0 amide bonds. The van der Waals surface area contributed by atoms with Crippen LogP contribution in [0.1, 0.15) is 142 Å². The Hall–Kier alpha value is -0.240. The summed E-state index contributed by atoms with van der Waals surface area (Å²) in [5.41, 5.74) is 0. The molecule has 0 aromatic rings. The summed E-state index contributed by atoms with van der Waals surface area (Å²) in [4.78, 5) is 11.9. The maximum atomic E-state index is 11.9. The number of allylic oxidation sites excluding steroid dienone is 2. The van der Waals surface area contributed by atoms with Crippen molar-refractivity contribution in [3.05, 3.63) is 12.2 Å². The Balaban J connectivity index is 3.49. The van der Waals surface area contributed by atoms with E-state index in [1.807, 2.05) is 28.1 Å². The fourth-order valence-corrected chi connectivity index (χ4v) is 5.90. The van der Waals surface area contributed by atoms with Gasteiger partial charge >= 0.3 is 8.03 Å². The molecule has 3 nitrogen and oxygen atoms in total. The van der Waals surface area contributed by atoms with Crippen molar-refractivity contribution in [3.63, 3.8) is 0 Å². The van der Waals surface area contributed by atoms with Gasteiger partial charge in [-0.1, -0.05) is 114 Å². The zero-order chi connectivity index (χ0) is 24.1. The first kappa shape index (κ1) is 31.8. The zero-order valence-corrected chi connectivity index (χ0v) is 23.4. The standard InChI is InChI=1S/C28H57NO2P/c1-6-8-9-10-11-12-13-14-15-16-17-18-19-20-21-22-23-24-25-26-27-28(7-2,32(30)31)29(3,4)5/h11-12H,6-10,13-27H2,1-5H3/q+1. The van der Waals surface area contributed by atoms with E-state index in [2.05, 4.69) is 19.1 Å². The summed E-state index contributed by atoms with van der Waals surface area (Å²) in [6.45, 7) is 4.28. The van der Waals surface area contributed by atoms with Crippen LogP contribution >= 0.6 is 8.03 Å². The minimum atomic E-state index is -2.41. The molecular weight excluding hydrogens is 413 g/mol. The van der Waals surface area contributed by atoms with Crippen molar-refractivity contribution in [2.75, 3.05) is 21.1 Å². The minimum absolute atomic E-state index is 0.512. The van der Waals surface area contributed by atoms with Gasteiger partial charge in [0.25, 0.3) is 5.28 Å². The van der Waals surface area contributed by atoms with E-state index >= 15 is 0 Å². The van der Waals surface area contributed by atoms with Gasteiger partial charge in [-0.05, 0) is 32.1 Å². The first-order valence-electron chi connectivity index (χ1n) is 13.9. The highest BCUT2D eigenvalue weighted by atomic mass is 31.1. The highest BCUT2D eigenvalue weighted by molar-refractivity contribution is 7.38. The van der Waals surface area contributed by atoms with E-state index in [9.17, 15) is 9.46 Å². The molecule has 0 aliphatic heterocycles. The van der Waals surface area contributed by atoms with Gasteiger partial charge in [0.15, 0.2) is 0 Å². The van der Waals surface area contributed by atoms with E-state index in [1.165, 1.54) is 109 Å². The van der Waals surface area contributed by atoms with Crippen molar-refractivity contribution in [2.45, 2.75) is 148 Å². The van der Waals surface area contributed by atoms with Gasteiger partial charge in [0.2, 0.25) is 0 Å². The van der Waals surface area contributed by atoms with Crippen molar-refractivity contribution in [2.24, 2.45) is 0 Å². The number of hydrogen-bond donors (Lipinski definition) is 0. The van der Waals surface area contributed by atoms with Crippen LogP contribution in [0.4, 0.5) is 0 Å². The zero-order valence-electron chi connectivity index (χ0n) is 22.5. The molecule has 0 fully saturated rings. The quantitative estimate of drug-likeness (QED) is 0.0647. The van der Waals surface area contributed by atoms with Crippen molar-refractivity contribution in [1.82, 2.24) is 0 Å². The van der Waals surface area contributed by atoms with Crippen molar-refractivity contribution in [3.8, 4) is 0 Å². The third kappa shape index (κ3) is 14.8. The minimum Gasteiger partial charge on any atom is -0.590 e. The summed E-state index contributed by atoms with van der Waals surface area (Å²) < 4.78 is 12.5. The average molecular weight is 471 g/mol. The molecule has 190 valence electrons. The van der Waals surface area contributed by atoms with Gasteiger partial charge in [-0.25, -0.2) is 0 Å². The Morgan fingerprint density at radius 1 is 0.656 bits per heavy atom. The lowest BCUT2D eigenvalue weighted by Gasteiger charge is -2.39. The summed E-state index contributed by atoms with van der Waals surface area (Å²) in [6.07, 6.45) is 30.1. The molecule has 0 spiro atoms. The van der Waals surface area contributed by atoms with Crippen LogP contribution in [0.5, 0.6) is 0 Å². The van der Waals surface area contributed by atoms with Gasteiger partial charge in [0, 0.05) is 12.8 Å². The lowest BCUT2D eigenvalue weighted by atomic mass is 10.0. The lowest BCUT2D eigenvalue weighted by molar-refractivity contribution is -0.910. The van der Waals surface area contributed by atoms with E-state index in [0.717, 1.165) is 12.8 Å². The maximum Gasteiger partial charge on any atom is 0.376 e. The molecule has 0 saturated heterocycles. The topological polar surface area (TPSA) is 40.1 Å². The summed E-state index contributed by atoms with van der Waals surface area (Å²) >= 11 is 0. The number of hydrogen-bond acceptors (Lipinski definition) is 2. The predicted octanol–water partition coefficient (Wildman–Crippen LogP) is 8.89. The number of rotatable bonds is 23. The van der Waals surface area contributed by atoms with Crippen LogP contribution in [0.2, 0.25) is 0 Å². The smallest absolute Gasteiger partial charge is 0.376 e. The van der Waals surface area contributed by atoms with E-state index in [-0.39, 0.29) is 0 Å². The largest absolute Gasteiger partial charge is 0.590 e. The highest BCUT2D eigenvalue weighted by Gasteiger charge is 2.52. The third-order valence-electron chi connectivity index (χ3n) is 7.24. The molecule has 2 atom stereocenters. The van der Waals surface area contributed by atoms with Gasteiger partial charge in [-0.15, -0.1) is 0 Å². The Bertz CT molecular complexity index is 473. The molecule has 0 heterocycles. The summed E-state index contributed by atoms with van der Waals surface area (Å²) in [5.74, 6) is 0. The molecule has 0 rings (SSSR count). The molecule has 0 bridgehead atoms. The lowest BCUT2D eigenvalue weighted by Crippen LogP contribution is -2.55. The molecule has 2 unspecified atom stereocenters. The molecule has 32 heavy (non-hydrogen) atoms. The Morgan fingerprint density at radius 2 is 1.03 bits per heavy atom. The molecule has 0 radical (unpaired) electrons. The Kier molecular flexibility index (Phi) is 20.0. The summed E-state index contributed by atoms with van der Waals surface area (Å²) in [5, 5.41) is -0.597. The average Bonchev–Trinajstić information content (AvgIpc) is 2.74. The van der Waals surface area contributed by atoms with E-state index in [4.69, 9.17) is 0 Å². The predicted molar refractivity (Wildman–Crippen MR) is 141 cm³/mol. The Labute approximate surface area is 202 Å². The first-order valence-corrected chi connectivity index (χ1v) is 15.1. The van der Waals surface area contributed by atoms with Crippen LogP contribution < -0.4 is 4.89 Å². The fraction of sp³-hybridized carbons (Fsp3) is 0.929. The van der Waals surface area contributed by atoms with Crippen LogP contribution in [-0.4, -0.2) is 30.9 Å². The van der Waals surface area contributed by atoms with Crippen molar-refractivity contribution in [1.29, 1.82) is 0 Å². The highest BCUT2D eigenvalue weighted by Crippen LogP contribution is 2.44. The second kappa shape index (κ2) is 20.2. The SMILES string of the molecule is CCCCCC=CCCCCCCCCCCCCCCCC(CC)([P+](=O)[O-])[N+](C)(C)C. The van der Waals surface area contributed by atoms with Crippen LogP contribution in [0, 0.1) is 0 Å². The van der Waals surface area contributed by atoms with Crippen LogP contribution in [0.15, 0.2) is 12.2 Å². The van der Waals surface area contributed by atoms with Crippen molar-refractivity contribution >= 4 is 8.03 Å². The molecule has 0 aromatic heterocycles. The maximum absolute atomic E-state index is 11.9. The normalized spacial score (nSPS) is 14.8. The van der Waals surface area contributed by atoms with E-state index < -0.39 is 13.3 Å². The molecule has 0 saturated carbocycles. The summed E-state index contributed by atoms with van der Waals surface area (Å²) in [6, 6.07) is 0. The van der Waals surface area contributed by atoms with Crippen LogP contribution in [0.25, 0.3) is 0 Å². The van der Waals surface area contributed by atoms with Gasteiger partial charge in [0.1, 0.15) is 0 Å². The van der Waals surface area contributed by atoms with Gasteiger partial charge in [0.05, 0.1) is 21.1 Å².